The highest BCUT2D eigenvalue weighted by molar-refractivity contribution is 5.70. The van der Waals surface area contributed by atoms with Crippen LogP contribution in [0, 0.1) is 5.92 Å². The molecule has 0 spiro atoms. The maximum absolute atomic E-state index is 11.1. The van der Waals surface area contributed by atoms with Crippen LogP contribution in [0.15, 0.2) is 30.5 Å². The van der Waals surface area contributed by atoms with Gasteiger partial charge in [0.25, 0.3) is 0 Å². The van der Waals surface area contributed by atoms with E-state index in [0.717, 1.165) is 29.8 Å². The first-order valence-corrected chi connectivity index (χ1v) is 7.07. The summed E-state index contributed by atoms with van der Waals surface area (Å²) >= 11 is 0. The topological polar surface area (TPSA) is 55.1 Å². The van der Waals surface area contributed by atoms with Crippen LogP contribution in [0.4, 0.5) is 0 Å². The number of aryl methyl sites for hydroxylation is 2. The molecule has 2 aromatic rings. The van der Waals surface area contributed by atoms with Crippen molar-refractivity contribution in [1.29, 1.82) is 0 Å². The molecule has 4 heteroatoms. The van der Waals surface area contributed by atoms with Gasteiger partial charge in [-0.3, -0.25) is 4.79 Å². The van der Waals surface area contributed by atoms with E-state index in [0.29, 0.717) is 12.8 Å². The molecule has 1 atom stereocenters. The third-order valence-electron chi connectivity index (χ3n) is 4.03. The van der Waals surface area contributed by atoms with Crippen molar-refractivity contribution in [1.82, 2.24) is 9.78 Å². The number of benzene rings is 1. The molecule has 1 aliphatic rings. The molecule has 1 heterocycles. The number of nitrogens with zero attached hydrogens (tertiary/aromatic N) is 2. The van der Waals surface area contributed by atoms with E-state index in [1.807, 2.05) is 10.9 Å². The second-order valence-corrected chi connectivity index (χ2v) is 5.34. The lowest BCUT2D eigenvalue weighted by Gasteiger charge is -2.16. The first-order valence-electron chi connectivity index (χ1n) is 7.07. The standard InChI is InChI=1S/C16H18N2O2/c1-2-11-3-6-14(7-4-11)18-10-13-9-12(16(19)20)5-8-15(13)17-18/h3-4,6-7,10,12H,2,5,8-9H2,1H3,(H,19,20). The van der Waals surface area contributed by atoms with E-state index in [1.165, 1.54) is 5.56 Å². The van der Waals surface area contributed by atoms with Crippen LogP contribution in [0.2, 0.25) is 0 Å². The number of rotatable bonds is 3. The summed E-state index contributed by atoms with van der Waals surface area (Å²) in [6.07, 6.45) is 5.04. The van der Waals surface area contributed by atoms with Gasteiger partial charge in [-0.1, -0.05) is 19.1 Å². The third kappa shape index (κ3) is 2.33. The molecule has 0 saturated heterocycles. The largest absolute Gasteiger partial charge is 0.481 e. The minimum atomic E-state index is -0.698. The molecule has 0 saturated carbocycles. The second-order valence-electron chi connectivity index (χ2n) is 5.34. The van der Waals surface area contributed by atoms with Crippen LogP contribution in [0.5, 0.6) is 0 Å². The molecule has 0 bridgehead atoms. The summed E-state index contributed by atoms with van der Waals surface area (Å²) in [4.78, 5) is 11.1. The molecule has 0 aliphatic heterocycles. The van der Waals surface area contributed by atoms with Gasteiger partial charge in [0.1, 0.15) is 0 Å². The second kappa shape index (κ2) is 5.12. The van der Waals surface area contributed by atoms with Gasteiger partial charge in [0.15, 0.2) is 0 Å². The fourth-order valence-electron chi connectivity index (χ4n) is 2.73. The van der Waals surface area contributed by atoms with Crippen LogP contribution < -0.4 is 0 Å². The number of hydrogen-bond donors (Lipinski definition) is 1. The average Bonchev–Trinajstić information content (AvgIpc) is 2.90. The molecule has 20 heavy (non-hydrogen) atoms. The van der Waals surface area contributed by atoms with E-state index in [4.69, 9.17) is 5.11 Å². The predicted octanol–water partition coefficient (Wildman–Crippen LogP) is 2.62. The third-order valence-corrected chi connectivity index (χ3v) is 4.03. The Bertz CT molecular complexity index is 628. The quantitative estimate of drug-likeness (QED) is 0.932. The van der Waals surface area contributed by atoms with Gasteiger partial charge in [-0.05, 0) is 48.9 Å². The Morgan fingerprint density at radius 2 is 2.15 bits per heavy atom. The van der Waals surface area contributed by atoms with Crippen LogP contribution in [0.1, 0.15) is 30.2 Å². The minimum Gasteiger partial charge on any atom is -0.481 e. The zero-order valence-electron chi connectivity index (χ0n) is 11.5. The van der Waals surface area contributed by atoms with Crippen LogP contribution in [-0.4, -0.2) is 20.9 Å². The molecule has 1 unspecified atom stereocenters. The molecule has 104 valence electrons. The first kappa shape index (κ1) is 12.9. The van der Waals surface area contributed by atoms with Crippen molar-refractivity contribution in [2.24, 2.45) is 5.92 Å². The number of carboxylic acid groups (broad SMARTS) is 1. The fourth-order valence-corrected chi connectivity index (χ4v) is 2.73. The zero-order chi connectivity index (χ0) is 14.1. The van der Waals surface area contributed by atoms with Crippen molar-refractivity contribution in [2.45, 2.75) is 32.6 Å². The SMILES string of the molecule is CCc1ccc(-n2cc3c(n2)CCC(C(=O)O)C3)cc1. The number of hydrogen-bond acceptors (Lipinski definition) is 2. The molecular formula is C16H18N2O2. The summed E-state index contributed by atoms with van der Waals surface area (Å²) in [5, 5.41) is 13.7. The number of fused-ring (bicyclic) bond motifs is 1. The molecule has 0 fully saturated rings. The van der Waals surface area contributed by atoms with Crippen molar-refractivity contribution in [3.8, 4) is 5.69 Å². The van der Waals surface area contributed by atoms with Gasteiger partial charge < -0.3 is 5.11 Å². The van der Waals surface area contributed by atoms with Gasteiger partial charge in [-0.2, -0.15) is 5.10 Å². The number of aromatic nitrogens is 2. The Hall–Kier alpha value is -2.10. The lowest BCUT2D eigenvalue weighted by atomic mass is 9.88. The Balaban J connectivity index is 1.87. The summed E-state index contributed by atoms with van der Waals surface area (Å²) in [5.74, 6) is -0.960. The zero-order valence-corrected chi connectivity index (χ0v) is 11.5. The van der Waals surface area contributed by atoms with E-state index in [-0.39, 0.29) is 5.92 Å². The van der Waals surface area contributed by atoms with E-state index in [9.17, 15) is 4.79 Å². The lowest BCUT2D eigenvalue weighted by Crippen LogP contribution is -2.21. The van der Waals surface area contributed by atoms with E-state index >= 15 is 0 Å². The van der Waals surface area contributed by atoms with Gasteiger partial charge in [0.2, 0.25) is 0 Å². The van der Waals surface area contributed by atoms with Crippen molar-refractivity contribution in [3.05, 3.63) is 47.3 Å². The summed E-state index contributed by atoms with van der Waals surface area (Å²) in [6, 6.07) is 8.34. The molecule has 1 N–H and O–H groups in total. The molecule has 0 amide bonds. The highest BCUT2D eigenvalue weighted by atomic mass is 16.4. The van der Waals surface area contributed by atoms with Crippen LogP contribution in [-0.2, 0) is 24.1 Å². The van der Waals surface area contributed by atoms with Gasteiger partial charge in [0, 0.05) is 6.20 Å². The molecule has 3 rings (SSSR count). The van der Waals surface area contributed by atoms with E-state index < -0.39 is 5.97 Å². The molecule has 4 nitrogen and oxygen atoms in total. The smallest absolute Gasteiger partial charge is 0.306 e. The highest BCUT2D eigenvalue weighted by Crippen LogP contribution is 2.26. The molecule has 1 aliphatic carbocycles. The van der Waals surface area contributed by atoms with Crippen LogP contribution in [0.25, 0.3) is 5.69 Å². The van der Waals surface area contributed by atoms with Crippen molar-refractivity contribution in [2.75, 3.05) is 0 Å². The molecule has 1 aromatic heterocycles. The molecular weight excluding hydrogens is 252 g/mol. The highest BCUT2D eigenvalue weighted by Gasteiger charge is 2.26. The Labute approximate surface area is 118 Å². The van der Waals surface area contributed by atoms with Gasteiger partial charge in [0.05, 0.1) is 17.3 Å². The maximum Gasteiger partial charge on any atom is 0.306 e. The Kier molecular flexibility index (Phi) is 3.30. The molecule has 1 aromatic carbocycles. The van der Waals surface area contributed by atoms with Crippen LogP contribution in [0.3, 0.4) is 0 Å². The Morgan fingerprint density at radius 3 is 2.80 bits per heavy atom. The van der Waals surface area contributed by atoms with E-state index in [2.05, 4.69) is 36.3 Å². The van der Waals surface area contributed by atoms with Gasteiger partial charge >= 0.3 is 5.97 Å². The fraction of sp³-hybridized carbons (Fsp3) is 0.375. The molecule has 0 radical (unpaired) electrons. The van der Waals surface area contributed by atoms with E-state index in [1.54, 1.807) is 0 Å². The van der Waals surface area contributed by atoms with Crippen LogP contribution >= 0.6 is 0 Å². The van der Waals surface area contributed by atoms with Crippen molar-refractivity contribution < 1.29 is 9.90 Å². The monoisotopic (exact) mass is 270 g/mol. The van der Waals surface area contributed by atoms with Crippen molar-refractivity contribution in [3.63, 3.8) is 0 Å². The number of aliphatic carboxylic acids is 1. The first-order chi connectivity index (χ1) is 9.67. The van der Waals surface area contributed by atoms with Gasteiger partial charge in [-0.25, -0.2) is 4.68 Å². The average molecular weight is 270 g/mol. The minimum absolute atomic E-state index is 0.261. The van der Waals surface area contributed by atoms with Gasteiger partial charge in [-0.15, -0.1) is 0 Å². The lowest BCUT2D eigenvalue weighted by molar-refractivity contribution is -0.142. The summed E-state index contributed by atoms with van der Waals surface area (Å²) in [5.41, 5.74) is 4.45. The predicted molar refractivity (Wildman–Crippen MR) is 76.1 cm³/mol. The maximum atomic E-state index is 11.1. The Morgan fingerprint density at radius 1 is 1.40 bits per heavy atom. The normalized spacial score (nSPS) is 17.8. The summed E-state index contributed by atoms with van der Waals surface area (Å²) in [7, 11) is 0. The number of carboxylic acids is 1. The summed E-state index contributed by atoms with van der Waals surface area (Å²) in [6.45, 7) is 2.13. The summed E-state index contributed by atoms with van der Waals surface area (Å²) < 4.78 is 1.87. The van der Waals surface area contributed by atoms with Crippen molar-refractivity contribution >= 4 is 5.97 Å². The number of carbonyl (C=O) groups is 1.